The fourth-order valence-corrected chi connectivity index (χ4v) is 3.31. The molecule has 2 aromatic rings. The van der Waals surface area contributed by atoms with E-state index in [0.29, 0.717) is 12.0 Å². The van der Waals surface area contributed by atoms with Crippen LogP contribution in [0.5, 0.6) is 0 Å². The van der Waals surface area contributed by atoms with E-state index in [-0.39, 0.29) is 18.6 Å². The first-order valence-corrected chi connectivity index (χ1v) is 7.83. The Bertz CT molecular complexity index is 693. The van der Waals surface area contributed by atoms with Crippen LogP contribution in [0.1, 0.15) is 41.7 Å². The van der Waals surface area contributed by atoms with Crippen LogP contribution < -0.4 is 0 Å². The molecule has 118 valence electrons. The summed E-state index contributed by atoms with van der Waals surface area (Å²) in [4.78, 5) is 19.1. The number of carbonyl (C=O) groups is 1. The van der Waals surface area contributed by atoms with E-state index in [2.05, 4.69) is 10.1 Å². The highest BCUT2D eigenvalue weighted by Crippen LogP contribution is 2.23. The van der Waals surface area contributed by atoms with Gasteiger partial charge in [-0.2, -0.15) is 5.10 Å². The number of hydrogen-bond donors (Lipinski definition) is 1. The van der Waals surface area contributed by atoms with Crippen LogP contribution >= 0.6 is 0 Å². The van der Waals surface area contributed by atoms with Crippen molar-refractivity contribution in [3.63, 3.8) is 0 Å². The number of amides is 1. The molecular formula is C16H22N4O2. The molecule has 6 heteroatoms. The third-order valence-corrected chi connectivity index (χ3v) is 4.46. The Morgan fingerprint density at radius 2 is 2.27 bits per heavy atom. The maximum atomic E-state index is 12.8. The zero-order valence-corrected chi connectivity index (χ0v) is 13.1. The summed E-state index contributed by atoms with van der Waals surface area (Å²) < 4.78 is 1.73. The molecule has 0 saturated carbocycles. The van der Waals surface area contributed by atoms with Gasteiger partial charge in [0.1, 0.15) is 0 Å². The van der Waals surface area contributed by atoms with Gasteiger partial charge in [0.05, 0.1) is 11.3 Å². The molecular weight excluding hydrogens is 280 g/mol. The predicted molar refractivity (Wildman–Crippen MR) is 83.6 cm³/mol. The van der Waals surface area contributed by atoms with E-state index in [0.717, 1.165) is 42.5 Å². The van der Waals surface area contributed by atoms with Crippen molar-refractivity contribution in [2.75, 3.05) is 13.2 Å². The lowest BCUT2D eigenvalue weighted by molar-refractivity contribution is 0.0574. The number of carbonyl (C=O) groups excluding carboxylic acids is 1. The molecule has 3 heterocycles. The number of aryl methyl sites for hydroxylation is 2. The Morgan fingerprint density at radius 1 is 1.45 bits per heavy atom. The topological polar surface area (TPSA) is 71.2 Å². The number of aliphatic hydroxyl groups excluding tert-OH is 1. The van der Waals surface area contributed by atoms with E-state index in [1.807, 2.05) is 24.9 Å². The lowest BCUT2D eigenvalue weighted by Crippen LogP contribution is -2.44. The van der Waals surface area contributed by atoms with Gasteiger partial charge >= 0.3 is 0 Å². The highest BCUT2D eigenvalue weighted by molar-refractivity contribution is 5.97. The maximum absolute atomic E-state index is 12.8. The van der Waals surface area contributed by atoms with Gasteiger partial charge in [-0.1, -0.05) is 0 Å². The second kappa shape index (κ2) is 6.04. The maximum Gasteiger partial charge on any atom is 0.255 e. The summed E-state index contributed by atoms with van der Waals surface area (Å²) in [6.45, 7) is 2.80. The third kappa shape index (κ3) is 2.59. The fourth-order valence-electron chi connectivity index (χ4n) is 3.31. The van der Waals surface area contributed by atoms with E-state index < -0.39 is 0 Å². The van der Waals surface area contributed by atoms with Gasteiger partial charge in [0, 0.05) is 37.8 Å². The first-order chi connectivity index (χ1) is 10.6. The molecule has 1 atom stereocenters. The van der Waals surface area contributed by atoms with Gasteiger partial charge in [0.2, 0.25) is 0 Å². The zero-order valence-electron chi connectivity index (χ0n) is 13.1. The van der Waals surface area contributed by atoms with Crippen LogP contribution in [0.4, 0.5) is 0 Å². The molecule has 1 aliphatic heterocycles. The van der Waals surface area contributed by atoms with Crippen molar-refractivity contribution in [3.05, 3.63) is 23.5 Å². The van der Waals surface area contributed by atoms with Crippen LogP contribution in [0, 0.1) is 6.92 Å². The van der Waals surface area contributed by atoms with Crippen molar-refractivity contribution < 1.29 is 9.90 Å². The minimum atomic E-state index is 0.0100. The number of aromatic nitrogens is 3. The molecule has 6 nitrogen and oxygen atoms in total. The second-order valence-corrected chi connectivity index (χ2v) is 5.96. The van der Waals surface area contributed by atoms with Crippen molar-refractivity contribution in [2.24, 2.45) is 7.05 Å². The largest absolute Gasteiger partial charge is 0.396 e. The molecule has 1 saturated heterocycles. The van der Waals surface area contributed by atoms with Gasteiger partial charge in [0.25, 0.3) is 5.91 Å². The number of nitrogens with zero attached hydrogens (tertiary/aromatic N) is 4. The standard InChI is InChI=1S/C16H22N4O2/c1-11-14-9-12(10-17-15(14)19(2)18-11)16(22)20-7-4-3-5-13(20)6-8-21/h9-10,13,21H,3-8H2,1-2H3. The van der Waals surface area contributed by atoms with Crippen molar-refractivity contribution in [1.82, 2.24) is 19.7 Å². The SMILES string of the molecule is Cc1nn(C)c2ncc(C(=O)N3CCCCC3CCO)cc12. The number of rotatable bonds is 3. The average Bonchev–Trinajstić information content (AvgIpc) is 2.82. The van der Waals surface area contributed by atoms with Gasteiger partial charge in [-0.3, -0.25) is 9.48 Å². The number of likely N-dealkylation sites (tertiary alicyclic amines) is 1. The molecule has 1 fully saturated rings. The number of pyridine rings is 1. The molecule has 0 spiro atoms. The molecule has 1 N–H and O–H groups in total. The fraction of sp³-hybridized carbons (Fsp3) is 0.562. The molecule has 3 rings (SSSR count). The van der Waals surface area contributed by atoms with Gasteiger partial charge in [0.15, 0.2) is 5.65 Å². The highest BCUT2D eigenvalue weighted by atomic mass is 16.3. The molecule has 1 unspecified atom stereocenters. The number of aliphatic hydroxyl groups is 1. The molecule has 1 aliphatic rings. The molecule has 0 aliphatic carbocycles. The van der Waals surface area contributed by atoms with Gasteiger partial charge < -0.3 is 10.0 Å². The zero-order chi connectivity index (χ0) is 15.7. The quantitative estimate of drug-likeness (QED) is 0.936. The molecule has 0 radical (unpaired) electrons. The Morgan fingerprint density at radius 3 is 3.05 bits per heavy atom. The molecule has 1 amide bonds. The highest BCUT2D eigenvalue weighted by Gasteiger charge is 2.27. The first-order valence-electron chi connectivity index (χ1n) is 7.83. The summed E-state index contributed by atoms with van der Waals surface area (Å²) in [7, 11) is 1.85. The van der Waals surface area contributed by atoms with Crippen molar-refractivity contribution in [2.45, 2.75) is 38.6 Å². The summed E-state index contributed by atoms with van der Waals surface area (Å²) in [5, 5.41) is 14.5. The number of hydrogen-bond acceptors (Lipinski definition) is 4. The van der Waals surface area contributed by atoms with Gasteiger partial charge in [-0.15, -0.1) is 0 Å². The molecule has 0 aromatic carbocycles. The van der Waals surface area contributed by atoms with Crippen molar-refractivity contribution in [1.29, 1.82) is 0 Å². The summed E-state index contributed by atoms with van der Waals surface area (Å²) >= 11 is 0. The van der Waals surface area contributed by atoms with Crippen LogP contribution in [0.15, 0.2) is 12.3 Å². The molecule has 22 heavy (non-hydrogen) atoms. The normalized spacial score (nSPS) is 18.9. The van der Waals surface area contributed by atoms with Crippen LogP contribution in [-0.4, -0.2) is 49.9 Å². The van der Waals surface area contributed by atoms with E-state index in [9.17, 15) is 9.90 Å². The minimum Gasteiger partial charge on any atom is -0.396 e. The summed E-state index contributed by atoms with van der Waals surface area (Å²) in [5.41, 5.74) is 2.28. The Kier molecular flexibility index (Phi) is 4.11. The summed E-state index contributed by atoms with van der Waals surface area (Å²) in [6.07, 6.45) is 5.39. The second-order valence-electron chi connectivity index (χ2n) is 5.96. The van der Waals surface area contributed by atoms with E-state index >= 15 is 0 Å². The first kappa shape index (κ1) is 15.0. The van der Waals surface area contributed by atoms with E-state index in [1.165, 1.54) is 0 Å². The predicted octanol–water partition coefficient (Wildman–Crippen LogP) is 1.65. The van der Waals surface area contributed by atoms with Crippen molar-refractivity contribution in [3.8, 4) is 0 Å². The molecule has 2 aromatic heterocycles. The monoisotopic (exact) mass is 302 g/mol. The van der Waals surface area contributed by atoms with Crippen LogP contribution in [-0.2, 0) is 7.05 Å². The lowest BCUT2D eigenvalue weighted by Gasteiger charge is -2.35. The smallest absolute Gasteiger partial charge is 0.255 e. The van der Waals surface area contributed by atoms with E-state index in [1.54, 1.807) is 10.9 Å². The third-order valence-electron chi connectivity index (χ3n) is 4.46. The minimum absolute atomic E-state index is 0.0100. The summed E-state index contributed by atoms with van der Waals surface area (Å²) in [6, 6.07) is 2.02. The van der Waals surface area contributed by atoms with Crippen LogP contribution in [0.2, 0.25) is 0 Å². The molecule has 0 bridgehead atoms. The number of piperidine rings is 1. The average molecular weight is 302 g/mol. The Labute approximate surface area is 129 Å². The van der Waals surface area contributed by atoms with Crippen molar-refractivity contribution >= 4 is 16.9 Å². The van der Waals surface area contributed by atoms with Crippen LogP contribution in [0.3, 0.4) is 0 Å². The summed E-state index contributed by atoms with van der Waals surface area (Å²) in [5.74, 6) is 0.0100. The Hall–Kier alpha value is -1.95. The number of fused-ring (bicyclic) bond motifs is 1. The van der Waals surface area contributed by atoms with Gasteiger partial charge in [-0.25, -0.2) is 4.98 Å². The Balaban J connectivity index is 1.92. The lowest BCUT2D eigenvalue weighted by atomic mass is 9.98. The van der Waals surface area contributed by atoms with Gasteiger partial charge in [-0.05, 0) is 38.7 Å². The van der Waals surface area contributed by atoms with Crippen LogP contribution in [0.25, 0.3) is 11.0 Å². The van der Waals surface area contributed by atoms with E-state index in [4.69, 9.17) is 0 Å².